The molecule has 312 valence electrons. The summed E-state index contributed by atoms with van der Waals surface area (Å²) in [4.78, 5) is 0. The molecular weight excluding hydrogens is 775 g/mol. The molecule has 0 aliphatic carbocycles. The van der Waals surface area contributed by atoms with Gasteiger partial charge < -0.3 is 37.2 Å². The molecule has 0 saturated carbocycles. The van der Waals surface area contributed by atoms with Gasteiger partial charge in [0.1, 0.15) is 0 Å². The molecule has 4 aliphatic rings. The summed E-state index contributed by atoms with van der Waals surface area (Å²) < 4.78 is 49.9. The Labute approximate surface area is 358 Å². The van der Waals surface area contributed by atoms with Crippen LogP contribution in [0, 0.1) is 50.4 Å². The summed E-state index contributed by atoms with van der Waals surface area (Å²) in [6.07, 6.45) is 0. The maximum Gasteiger partial charge on any atom is 0.496 e. The second-order valence-corrected chi connectivity index (χ2v) is 20.9. The van der Waals surface area contributed by atoms with Crippen molar-refractivity contribution in [3.63, 3.8) is 0 Å². The molecule has 2 aromatic rings. The van der Waals surface area contributed by atoms with Crippen molar-refractivity contribution in [2.24, 2.45) is 0 Å². The van der Waals surface area contributed by atoms with E-state index in [0.717, 1.165) is 22.3 Å². The Balaban J connectivity index is 0.000000221. The first-order chi connectivity index (χ1) is 26.1. The summed E-state index contributed by atoms with van der Waals surface area (Å²) in [7, 11) is -2.72. The van der Waals surface area contributed by atoms with Crippen molar-refractivity contribution in [2.45, 2.75) is 183 Å². The van der Waals surface area contributed by atoms with Gasteiger partial charge in [-0.2, -0.15) is 10.5 Å². The van der Waals surface area contributed by atoms with E-state index in [1.54, 1.807) is 0 Å². The third kappa shape index (κ3) is 7.50. The van der Waals surface area contributed by atoms with Gasteiger partial charge in [-0.05, 0) is 161 Å². The summed E-state index contributed by atoms with van der Waals surface area (Å²) in [5, 5.41) is 21.3. The van der Waals surface area contributed by atoms with E-state index in [1.807, 2.05) is 138 Å². The van der Waals surface area contributed by atoms with Crippen molar-refractivity contribution < 1.29 is 37.2 Å². The molecule has 0 bridgehead atoms. The zero-order valence-corrected chi connectivity index (χ0v) is 39.7. The van der Waals surface area contributed by atoms with E-state index in [9.17, 15) is 10.5 Å². The van der Waals surface area contributed by atoms with Crippen LogP contribution in [0.5, 0.6) is 0 Å². The van der Waals surface area contributed by atoms with E-state index in [0.29, 0.717) is 43.0 Å². The minimum absolute atomic E-state index is 0.446. The van der Waals surface area contributed by atoms with Crippen molar-refractivity contribution in [1.29, 1.82) is 10.5 Å². The molecule has 0 aromatic heterocycles. The molecule has 0 atom stereocenters. The third-order valence-electron chi connectivity index (χ3n) is 14.2. The summed E-state index contributed by atoms with van der Waals surface area (Å²) in [6, 6.07) is 4.70. The van der Waals surface area contributed by atoms with Crippen LogP contribution in [0.4, 0.5) is 0 Å². The molecule has 2 aromatic carbocycles. The number of nitrogens with zero attached hydrogens (tertiary/aromatic N) is 2. The summed E-state index contributed by atoms with van der Waals surface area (Å²) in [5.74, 6) is 0. The first kappa shape index (κ1) is 47.0. The van der Waals surface area contributed by atoms with Crippen molar-refractivity contribution >= 4 is 73.5 Å². The van der Waals surface area contributed by atoms with Gasteiger partial charge in [0.05, 0.1) is 68.1 Å². The molecule has 0 amide bonds. The Bertz CT molecular complexity index is 1980. The summed E-state index contributed by atoms with van der Waals surface area (Å²) >= 11 is 13.6. The van der Waals surface area contributed by atoms with Gasteiger partial charge in [-0.1, -0.05) is 23.2 Å². The first-order valence-corrected chi connectivity index (χ1v) is 20.8. The van der Waals surface area contributed by atoms with Crippen LogP contribution < -0.4 is 21.9 Å². The molecule has 0 N–H and O–H groups in total. The van der Waals surface area contributed by atoms with E-state index in [2.05, 4.69) is 12.1 Å². The van der Waals surface area contributed by atoms with E-state index in [1.165, 1.54) is 0 Å². The van der Waals surface area contributed by atoms with Gasteiger partial charge in [0.15, 0.2) is 0 Å². The minimum atomic E-state index is -0.700. The Kier molecular flexibility index (Phi) is 12.0. The van der Waals surface area contributed by atoms with Crippen LogP contribution in [0.2, 0.25) is 10.0 Å². The zero-order chi connectivity index (χ0) is 44.3. The van der Waals surface area contributed by atoms with E-state index in [-0.39, 0.29) is 0 Å². The Hall–Kier alpha value is -2.06. The van der Waals surface area contributed by atoms with Crippen molar-refractivity contribution in [2.75, 3.05) is 0 Å². The van der Waals surface area contributed by atoms with Gasteiger partial charge in [-0.3, -0.25) is 0 Å². The van der Waals surface area contributed by atoms with Gasteiger partial charge in [-0.15, -0.1) is 0 Å². The third-order valence-corrected chi connectivity index (χ3v) is 15.3. The zero-order valence-electron chi connectivity index (χ0n) is 38.2. The van der Waals surface area contributed by atoms with Crippen molar-refractivity contribution in [1.82, 2.24) is 0 Å². The second-order valence-electron chi connectivity index (χ2n) is 20.1. The second kappa shape index (κ2) is 14.8. The van der Waals surface area contributed by atoms with Gasteiger partial charge in [-0.25, -0.2) is 0 Å². The number of hydrogen-bond donors (Lipinski definition) is 0. The van der Waals surface area contributed by atoms with E-state index < -0.39 is 73.3 Å². The number of nitriles is 2. The molecule has 0 radical (unpaired) electrons. The largest absolute Gasteiger partial charge is 0.496 e. The monoisotopic (exact) mass is 834 g/mol. The van der Waals surface area contributed by atoms with Crippen LogP contribution in [0.15, 0.2) is 0 Å². The number of benzene rings is 2. The van der Waals surface area contributed by atoms with E-state index >= 15 is 0 Å². The lowest BCUT2D eigenvalue weighted by molar-refractivity contribution is 0.00578. The fourth-order valence-corrected chi connectivity index (χ4v) is 7.86. The van der Waals surface area contributed by atoms with Crippen LogP contribution in [-0.2, 0) is 37.2 Å². The average molecular weight is 835 g/mol. The molecule has 4 heterocycles. The molecule has 0 spiro atoms. The number of halogens is 2. The number of hydrogen-bond acceptors (Lipinski definition) is 10. The maximum absolute atomic E-state index is 10.2. The Morgan fingerprint density at radius 1 is 0.345 bits per heavy atom. The van der Waals surface area contributed by atoms with Crippen LogP contribution >= 0.6 is 23.2 Å². The fraction of sp³-hybridized carbons (Fsp3) is 0.667. The highest BCUT2D eigenvalue weighted by Gasteiger charge is 2.58. The average Bonchev–Trinajstić information content (AvgIpc) is 3.60. The van der Waals surface area contributed by atoms with Gasteiger partial charge in [0.25, 0.3) is 0 Å². The molecule has 4 saturated heterocycles. The molecule has 6 rings (SSSR count). The first-order valence-electron chi connectivity index (χ1n) is 20.0. The predicted octanol–water partition coefficient (Wildman–Crippen LogP) is 6.85. The molecule has 16 heteroatoms. The van der Waals surface area contributed by atoms with Gasteiger partial charge in [0.2, 0.25) is 0 Å². The molecular formula is C42H60B4Cl2N2O8. The molecule has 10 nitrogen and oxygen atoms in total. The van der Waals surface area contributed by atoms with Crippen LogP contribution in [-0.4, -0.2) is 73.3 Å². The predicted molar refractivity (Wildman–Crippen MR) is 234 cm³/mol. The SMILES string of the molecule is Cc1c(C#N)c(B2OC(C)(C)C(C)(C)O2)c(C)c(Cl)c1B1OC(C)(C)C(C)(C)O1.Cc1c(Cl)c(C)c(B2OC(C)(C)C(C)(C)O2)c(C#N)c1B1OC(C)(C)C(C)(C)O1. The van der Waals surface area contributed by atoms with Gasteiger partial charge in [0, 0.05) is 31.9 Å². The molecule has 4 aliphatic heterocycles. The summed E-state index contributed by atoms with van der Waals surface area (Å²) in [6.45, 7) is 39.4. The minimum Gasteiger partial charge on any atom is -0.399 e. The Morgan fingerprint density at radius 2 is 0.552 bits per heavy atom. The molecule has 0 unspecified atom stereocenters. The molecule has 4 fully saturated rings. The lowest BCUT2D eigenvalue weighted by atomic mass is 9.64. The molecule has 58 heavy (non-hydrogen) atoms. The van der Waals surface area contributed by atoms with Gasteiger partial charge >= 0.3 is 28.5 Å². The summed E-state index contributed by atoms with van der Waals surface area (Å²) in [5.41, 5.74) is 2.49. The van der Waals surface area contributed by atoms with Crippen molar-refractivity contribution in [3.05, 3.63) is 43.4 Å². The topological polar surface area (TPSA) is 121 Å². The highest BCUT2D eigenvalue weighted by atomic mass is 35.5. The number of rotatable bonds is 4. The Morgan fingerprint density at radius 3 is 0.793 bits per heavy atom. The lowest BCUT2D eigenvalue weighted by Gasteiger charge is -2.32. The highest BCUT2D eigenvalue weighted by molar-refractivity contribution is 6.70. The quantitative estimate of drug-likeness (QED) is 0.303. The maximum atomic E-state index is 10.2. The van der Waals surface area contributed by atoms with E-state index in [4.69, 9.17) is 60.4 Å². The van der Waals surface area contributed by atoms with Crippen LogP contribution in [0.25, 0.3) is 0 Å². The highest BCUT2D eigenvalue weighted by Crippen LogP contribution is 2.42. The van der Waals surface area contributed by atoms with Crippen LogP contribution in [0.1, 0.15) is 144 Å². The standard InChI is InChI=1S/2C21H30B2ClNO4/c1-12-15(22-26-18(3,4)19(5,6)27-22)14(11-25)16(13(2)17(12)24)23-28-20(7,8)21(9,10)29-23;1-12-14(11-25)15(22-26-18(3,4)19(5,6)27-22)13(2)17(24)16(12)23-28-20(7,8)21(9,10)29-23/h2*1-10H3. The smallest absolute Gasteiger partial charge is 0.399 e. The normalized spacial score (nSPS) is 24.1. The fourth-order valence-electron chi connectivity index (χ4n) is 7.32. The van der Waals surface area contributed by atoms with Crippen LogP contribution in [0.3, 0.4) is 0 Å². The van der Waals surface area contributed by atoms with Crippen molar-refractivity contribution in [3.8, 4) is 12.1 Å². The lowest BCUT2D eigenvalue weighted by Crippen LogP contribution is -2.47.